The number of carbonyl (C=O) groups excluding carboxylic acids is 2. The Labute approximate surface area is 103 Å². The SMILES string of the molecule is CCOC(=O)C(=O)c1[nH]c2c(F)cccc2c1C. The maximum absolute atomic E-state index is 13.5. The number of ether oxygens (including phenoxy) is 1. The number of hydrogen-bond donors (Lipinski definition) is 1. The highest BCUT2D eigenvalue weighted by atomic mass is 19.1. The van der Waals surface area contributed by atoms with Crippen molar-refractivity contribution in [3.63, 3.8) is 0 Å². The van der Waals surface area contributed by atoms with Crippen LogP contribution in [0.1, 0.15) is 23.0 Å². The van der Waals surface area contributed by atoms with Crippen molar-refractivity contribution in [2.45, 2.75) is 13.8 Å². The lowest BCUT2D eigenvalue weighted by Gasteiger charge is -1.99. The van der Waals surface area contributed by atoms with E-state index in [4.69, 9.17) is 0 Å². The molecule has 0 fully saturated rings. The van der Waals surface area contributed by atoms with Gasteiger partial charge in [0, 0.05) is 5.39 Å². The molecule has 4 nitrogen and oxygen atoms in total. The molecule has 94 valence electrons. The van der Waals surface area contributed by atoms with Gasteiger partial charge in [-0.2, -0.15) is 0 Å². The number of carbonyl (C=O) groups is 2. The number of halogens is 1. The molecule has 0 bridgehead atoms. The zero-order valence-electron chi connectivity index (χ0n) is 10.0. The van der Waals surface area contributed by atoms with Gasteiger partial charge in [0.1, 0.15) is 5.82 Å². The summed E-state index contributed by atoms with van der Waals surface area (Å²) in [6.07, 6.45) is 0. The Hall–Kier alpha value is -2.17. The number of esters is 1. The van der Waals surface area contributed by atoms with Crippen LogP contribution >= 0.6 is 0 Å². The molecule has 0 radical (unpaired) electrons. The lowest BCUT2D eigenvalue weighted by atomic mass is 10.1. The molecule has 0 unspecified atom stereocenters. The maximum atomic E-state index is 13.5. The third-order valence-electron chi connectivity index (χ3n) is 2.73. The molecule has 0 spiro atoms. The predicted octanol–water partition coefficient (Wildman–Crippen LogP) is 2.36. The van der Waals surface area contributed by atoms with Crippen molar-refractivity contribution < 1.29 is 18.7 Å². The fraction of sp³-hybridized carbons (Fsp3) is 0.231. The van der Waals surface area contributed by atoms with Crippen LogP contribution in [0.3, 0.4) is 0 Å². The molecular formula is C13H12FNO3. The Bertz CT molecular complexity index is 630. The molecule has 1 aromatic carbocycles. The summed E-state index contributed by atoms with van der Waals surface area (Å²) in [5, 5.41) is 0.586. The van der Waals surface area contributed by atoms with Crippen molar-refractivity contribution in [3.05, 3.63) is 35.3 Å². The fourth-order valence-electron chi connectivity index (χ4n) is 1.84. The van der Waals surface area contributed by atoms with E-state index in [1.54, 1.807) is 26.0 Å². The van der Waals surface area contributed by atoms with E-state index in [1.165, 1.54) is 6.07 Å². The lowest BCUT2D eigenvalue weighted by Crippen LogP contribution is -2.18. The molecular weight excluding hydrogens is 237 g/mol. The molecule has 0 aliphatic carbocycles. The number of para-hydroxylation sites is 1. The number of aromatic nitrogens is 1. The number of hydrogen-bond acceptors (Lipinski definition) is 3. The monoisotopic (exact) mass is 249 g/mol. The van der Waals surface area contributed by atoms with Gasteiger partial charge in [0.05, 0.1) is 17.8 Å². The normalized spacial score (nSPS) is 10.6. The standard InChI is InChI=1S/C13H12FNO3/c1-3-18-13(17)12(16)10-7(2)8-5-4-6-9(14)11(8)15-10/h4-6,15H,3H2,1-2H3. The summed E-state index contributed by atoms with van der Waals surface area (Å²) in [5.41, 5.74) is 0.846. The molecule has 0 aliphatic heterocycles. The molecule has 1 N–H and O–H groups in total. The largest absolute Gasteiger partial charge is 0.460 e. The first kappa shape index (κ1) is 12.3. The number of H-pyrrole nitrogens is 1. The first-order valence-electron chi connectivity index (χ1n) is 5.54. The van der Waals surface area contributed by atoms with Crippen LogP contribution in [0.2, 0.25) is 0 Å². The summed E-state index contributed by atoms with van der Waals surface area (Å²) in [4.78, 5) is 25.8. The maximum Gasteiger partial charge on any atom is 0.381 e. The van der Waals surface area contributed by atoms with Gasteiger partial charge >= 0.3 is 5.97 Å². The number of Topliss-reactive ketones (excluding diaryl/α,β-unsaturated/α-hetero) is 1. The van der Waals surface area contributed by atoms with Crippen LogP contribution in [0.25, 0.3) is 10.9 Å². The van der Waals surface area contributed by atoms with Crippen molar-refractivity contribution >= 4 is 22.7 Å². The van der Waals surface area contributed by atoms with Gasteiger partial charge in [-0.25, -0.2) is 9.18 Å². The second-order valence-corrected chi connectivity index (χ2v) is 3.84. The Morgan fingerprint density at radius 2 is 2.11 bits per heavy atom. The molecule has 0 aliphatic rings. The van der Waals surface area contributed by atoms with Gasteiger partial charge in [0.2, 0.25) is 0 Å². The van der Waals surface area contributed by atoms with Crippen molar-refractivity contribution in [2.75, 3.05) is 6.61 Å². The number of rotatable bonds is 3. The number of fused-ring (bicyclic) bond motifs is 1. The Morgan fingerprint density at radius 1 is 1.39 bits per heavy atom. The van der Waals surface area contributed by atoms with E-state index < -0.39 is 17.6 Å². The lowest BCUT2D eigenvalue weighted by molar-refractivity contribution is -0.137. The second-order valence-electron chi connectivity index (χ2n) is 3.84. The molecule has 0 atom stereocenters. The average Bonchev–Trinajstić information content (AvgIpc) is 2.68. The van der Waals surface area contributed by atoms with E-state index in [0.717, 1.165) is 0 Å². The quantitative estimate of drug-likeness (QED) is 0.516. The summed E-state index contributed by atoms with van der Waals surface area (Å²) in [5.74, 6) is -2.18. The molecule has 0 saturated carbocycles. The fourth-order valence-corrected chi connectivity index (χ4v) is 1.84. The van der Waals surface area contributed by atoms with E-state index in [0.29, 0.717) is 10.9 Å². The van der Waals surface area contributed by atoms with Gasteiger partial charge in [0.15, 0.2) is 0 Å². The zero-order valence-corrected chi connectivity index (χ0v) is 10.0. The van der Waals surface area contributed by atoms with Crippen molar-refractivity contribution in [3.8, 4) is 0 Å². The molecule has 5 heteroatoms. The first-order chi connectivity index (χ1) is 8.56. The molecule has 18 heavy (non-hydrogen) atoms. The highest BCUT2D eigenvalue weighted by molar-refractivity contribution is 6.41. The van der Waals surface area contributed by atoms with Crippen LogP contribution in [-0.4, -0.2) is 23.3 Å². The molecule has 2 aromatic rings. The van der Waals surface area contributed by atoms with E-state index in [1.807, 2.05) is 0 Å². The van der Waals surface area contributed by atoms with Crippen LogP contribution in [-0.2, 0) is 9.53 Å². The third-order valence-corrected chi connectivity index (χ3v) is 2.73. The second kappa shape index (κ2) is 4.60. The first-order valence-corrected chi connectivity index (χ1v) is 5.54. The van der Waals surface area contributed by atoms with Gasteiger partial charge < -0.3 is 9.72 Å². The van der Waals surface area contributed by atoms with Crippen LogP contribution in [0.15, 0.2) is 18.2 Å². The van der Waals surface area contributed by atoms with Crippen LogP contribution in [0.4, 0.5) is 4.39 Å². The number of aromatic amines is 1. The van der Waals surface area contributed by atoms with E-state index in [-0.39, 0.29) is 17.8 Å². The van der Waals surface area contributed by atoms with Gasteiger partial charge in [-0.05, 0) is 25.5 Å². The van der Waals surface area contributed by atoms with E-state index in [2.05, 4.69) is 9.72 Å². The van der Waals surface area contributed by atoms with E-state index in [9.17, 15) is 14.0 Å². The Balaban J connectivity index is 2.52. The number of benzene rings is 1. The van der Waals surface area contributed by atoms with Gasteiger partial charge in [-0.3, -0.25) is 4.79 Å². The zero-order chi connectivity index (χ0) is 13.3. The Morgan fingerprint density at radius 3 is 2.72 bits per heavy atom. The summed E-state index contributed by atoms with van der Waals surface area (Å²) in [7, 11) is 0. The summed E-state index contributed by atoms with van der Waals surface area (Å²) >= 11 is 0. The Kier molecular flexibility index (Phi) is 3.14. The average molecular weight is 249 g/mol. The van der Waals surface area contributed by atoms with Crippen molar-refractivity contribution in [1.29, 1.82) is 0 Å². The predicted molar refractivity (Wildman–Crippen MR) is 64.0 cm³/mol. The summed E-state index contributed by atoms with van der Waals surface area (Å²) in [6.45, 7) is 3.39. The number of aryl methyl sites for hydroxylation is 1. The summed E-state index contributed by atoms with van der Waals surface area (Å²) < 4.78 is 18.2. The topological polar surface area (TPSA) is 59.2 Å². The number of nitrogens with one attached hydrogen (secondary N) is 1. The van der Waals surface area contributed by atoms with Gasteiger partial charge in [-0.15, -0.1) is 0 Å². The summed E-state index contributed by atoms with van der Waals surface area (Å²) in [6, 6.07) is 4.53. The minimum atomic E-state index is -0.937. The van der Waals surface area contributed by atoms with Crippen LogP contribution < -0.4 is 0 Å². The van der Waals surface area contributed by atoms with Crippen molar-refractivity contribution in [1.82, 2.24) is 4.98 Å². The molecule has 0 saturated heterocycles. The van der Waals surface area contributed by atoms with E-state index >= 15 is 0 Å². The molecule has 1 aromatic heterocycles. The highest BCUT2D eigenvalue weighted by Gasteiger charge is 2.23. The highest BCUT2D eigenvalue weighted by Crippen LogP contribution is 2.24. The minimum Gasteiger partial charge on any atom is -0.460 e. The molecule has 0 amide bonds. The van der Waals surface area contributed by atoms with Crippen molar-refractivity contribution in [2.24, 2.45) is 0 Å². The minimum absolute atomic E-state index is 0.0774. The molecule has 1 heterocycles. The third kappa shape index (κ3) is 1.88. The van der Waals surface area contributed by atoms with Gasteiger partial charge in [-0.1, -0.05) is 12.1 Å². The smallest absolute Gasteiger partial charge is 0.381 e. The molecule has 2 rings (SSSR count). The van der Waals surface area contributed by atoms with Gasteiger partial charge in [0.25, 0.3) is 5.78 Å². The van der Waals surface area contributed by atoms with Crippen LogP contribution in [0.5, 0.6) is 0 Å². The number of ketones is 1. The van der Waals surface area contributed by atoms with Crippen LogP contribution in [0, 0.1) is 12.7 Å².